The fourth-order valence-corrected chi connectivity index (χ4v) is 3.10. The Hall–Kier alpha value is -2.15. The van der Waals surface area contributed by atoms with Crippen LogP contribution in [0.15, 0.2) is 16.5 Å². The molecular weight excluding hydrogens is 318 g/mol. The van der Waals surface area contributed by atoms with Crippen LogP contribution in [0.3, 0.4) is 0 Å². The van der Waals surface area contributed by atoms with Gasteiger partial charge in [-0.3, -0.25) is 9.69 Å². The molecule has 3 heterocycles. The Morgan fingerprint density at radius 3 is 2.72 bits per heavy atom. The summed E-state index contributed by atoms with van der Waals surface area (Å²) in [6.07, 6.45) is 0.845. The topological polar surface area (TPSA) is 76.2 Å². The zero-order valence-corrected chi connectivity index (χ0v) is 15.5. The number of carbonyl (C=O) groups is 1. The van der Waals surface area contributed by atoms with Crippen molar-refractivity contribution in [2.24, 2.45) is 5.92 Å². The van der Waals surface area contributed by atoms with Gasteiger partial charge in [0, 0.05) is 32.0 Å². The molecule has 0 aliphatic carbocycles. The highest BCUT2D eigenvalue weighted by Gasteiger charge is 2.23. The number of furan rings is 1. The van der Waals surface area contributed by atoms with Crippen molar-refractivity contribution in [3.8, 4) is 0 Å². The minimum absolute atomic E-state index is 0.0355. The predicted molar refractivity (Wildman–Crippen MR) is 93.8 cm³/mol. The van der Waals surface area contributed by atoms with Gasteiger partial charge in [0.1, 0.15) is 17.3 Å². The molecular formula is C18H27N5O2. The second kappa shape index (κ2) is 7.39. The lowest BCUT2D eigenvalue weighted by Crippen LogP contribution is -2.32. The summed E-state index contributed by atoms with van der Waals surface area (Å²) in [5.41, 5.74) is 0. The Balaban J connectivity index is 1.66. The first-order valence-corrected chi connectivity index (χ1v) is 8.94. The third-order valence-electron chi connectivity index (χ3n) is 4.59. The standard InChI is InChI=1S/C18H27N5O2/c1-12(2)18(24)19-14(4)17-21-20-16-7-8-22(9-10-23(16)17)11-15-6-5-13(3)25-15/h5-6,12,14H,7-11H2,1-4H3,(H,19,24). The number of fused-ring (bicyclic) bond motifs is 1. The van der Waals surface area contributed by atoms with Gasteiger partial charge in [-0.2, -0.15) is 0 Å². The van der Waals surface area contributed by atoms with E-state index in [9.17, 15) is 4.79 Å². The van der Waals surface area contributed by atoms with Gasteiger partial charge in [-0.25, -0.2) is 0 Å². The zero-order valence-electron chi connectivity index (χ0n) is 15.5. The summed E-state index contributed by atoms with van der Waals surface area (Å²) in [7, 11) is 0. The van der Waals surface area contributed by atoms with Gasteiger partial charge in [0.2, 0.25) is 5.91 Å². The molecule has 7 nitrogen and oxygen atoms in total. The van der Waals surface area contributed by atoms with E-state index in [1.165, 1.54) is 0 Å². The molecule has 2 aromatic rings. The van der Waals surface area contributed by atoms with Crippen LogP contribution in [-0.4, -0.2) is 38.7 Å². The second-order valence-corrected chi connectivity index (χ2v) is 7.05. The van der Waals surface area contributed by atoms with Crippen LogP contribution in [0.2, 0.25) is 0 Å². The summed E-state index contributed by atoms with van der Waals surface area (Å²) in [4.78, 5) is 14.3. The van der Waals surface area contributed by atoms with E-state index in [0.717, 1.165) is 55.8 Å². The normalized spacial score (nSPS) is 16.5. The lowest BCUT2D eigenvalue weighted by molar-refractivity contribution is -0.124. The molecule has 136 valence electrons. The summed E-state index contributed by atoms with van der Waals surface area (Å²) in [6.45, 7) is 11.2. The van der Waals surface area contributed by atoms with E-state index >= 15 is 0 Å². The number of aromatic nitrogens is 3. The molecule has 0 bridgehead atoms. The number of nitrogens with zero attached hydrogens (tertiary/aromatic N) is 4. The van der Waals surface area contributed by atoms with Crippen LogP contribution in [0.5, 0.6) is 0 Å². The molecule has 0 spiro atoms. The first-order chi connectivity index (χ1) is 11.9. The van der Waals surface area contributed by atoms with Crippen LogP contribution in [0, 0.1) is 12.8 Å². The number of hydrogen-bond donors (Lipinski definition) is 1. The number of hydrogen-bond acceptors (Lipinski definition) is 5. The van der Waals surface area contributed by atoms with E-state index in [4.69, 9.17) is 4.42 Å². The van der Waals surface area contributed by atoms with Crippen molar-refractivity contribution in [3.05, 3.63) is 35.3 Å². The van der Waals surface area contributed by atoms with Crippen LogP contribution in [0.4, 0.5) is 0 Å². The third-order valence-corrected chi connectivity index (χ3v) is 4.59. The maximum absolute atomic E-state index is 12.0. The molecule has 3 rings (SSSR count). The van der Waals surface area contributed by atoms with E-state index in [1.807, 2.05) is 39.8 Å². The predicted octanol–water partition coefficient (Wildman–Crippen LogP) is 2.07. The highest BCUT2D eigenvalue weighted by molar-refractivity contribution is 5.78. The van der Waals surface area contributed by atoms with Crippen LogP contribution in [0.25, 0.3) is 0 Å². The molecule has 0 radical (unpaired) electrons. The van der Waals surface area contributed by atoms with Crippen molar-refractivity contribution in [2.75, 3.05) is 13.1 Å². The Morgan fingerprint density at radius 2 is 2.04 bits per heavy atom. The van der Waals surface area contributed by atoms with Crippen molar-refractivity contribution in [2.45, 2.75) is 53.2 Å². The highest BCUT2D eigenvalue weighted by Crippen LogP contribution is 2.17. The van der Waals surface area contributed by atoms with Gasteiger partial charge in [0.15, 0.2) is 5.82 Å². The quantitative estimate of drug-likeness (QED) is 0.898. The first kappa shape index (κ1) is 17.7. The second-order valence-electron chi connectivity index (χ2n) is 7.05. The molecule has 0 saturated carbocycles. The molecule has 1 N–H and O–H groups in total. The molecule has 1 amide bonds. The van der Waals surface area contributed by atoms with Gasteiger partial charge in [0.05, 0.1) is 12.6 Å². The number of rotatable bonds is 5. The molecule has 0 aromatic carbocycles. The molecule has 7 heteroatoms. The van der Waals surface area contributed by atoms with Gasteiger partial charge in [0.25, 0.3) is 0 Å². The molecule has 25 heavy (non-hydrogen) atoms. The fourth-order valence-electron chi connectivity index (χ4n) is 3.10. The van der Waals surface area contributed by atoms with Gasteiger partial charge in [-0.05, 0) is 26.0 Å². The molecule has 2 aromatic heterocycles. The molecule has 1 aliphatic heterocycles. The minimum atomic E-state index is -0.143. The van der Waals surface area contributed by atoms with E-state index in [0.29, 0.717) is 0 Å². The molecule has 1 aliphatic rings. The summed E-state index contributed by atoms with van der Waals surface area (Å²) in [5.74, 6) is 3.75. The Labute approximate surface area is 148 Å². The van der Waals surface area contributed by atoms with Gasteiger partial charge >= 0.3 is 0 Å². The Kier molecular flexibility index (Phi) is 5.22. The summed E-state index contributed by atoms with van der Waals surface area (Å²) in [6, 6.07) is 3.89. The maximum Gasteiger partial charge on any atom is 0.223 e. The minimum Gasteiger partial charge on any atom is -0.465 e. The maximum atomic E-state index is 12.0. The van der Waals surface area contributed by atoms with Crippen molar-refractivity contribution >= 4 is 5.91 Å². The molecule has 0 fully saturated rings. The van der Waals surface area contributed by atoms with Crippen LogP contribution < -0.4 is 5.32 Å². The van der Waals surface area contributed by atoms with E-state index < -0.39 is 0 Å². The largest absolute Gasteiger partial charge is 0.465 e. The van der Waals surface area contributed by atoms with Gasteiger partial charge in [-0.15, -0.1) is 10.2 Å². The van der Waals surface area contributed by atoms with E-state index in [2.05, 4.69) is 25.0 Å². The SMILES string of the molecule is Cc1ccc(CN2CCc3nnc(C(C)NC(=O)C(C)C)n3CC2)o1. The molecule has 0 saturated heterocycles. The monoisotopic (exact) mass is 345 g/mol. The molecule has 1 unspecified atom stereocenters. The van der Waals surface area contributed by atoms with Crippen molar-refractivity contribution < 1.29 is 9.21 Å². The van der Waals surface area contributed by atoms with Crippen molar-refractivity contribution in [3.63, 3.8) is 0 Å². The smallest absolute Gasteiger partial charge is 0.223 e. The number of carbonyl (C=O) groups excluding carboxylic acids is 1. The fraction of sp³-hybridized carbons (Fsp3) is 0.611. The third kappa shape index (κ3) is 4.10. The van der Waals surface area contributed by atoms with Gasteiger partial charge < -0.3 is 14.3 Å². The summed E-state index contributed by atoms with van der Waals surface area (Å²) >= 11 is 0. The van der Waals surface area contributed by atoms with Crippen LogP contribution in [-0.2, 0) is 24.3 Å². The van der Waals surface area contributed by atoms with Crippen LogP contribution >= 0.6 is 0 Å². The lowest BCUT2D eigenvalue weighted by Gasteiger charge is -2.19. The van der Waals surface area contributed by atoms with E-state index in [1.54, 1.807) is 0 Å². The number of nitrogens with one attached hydrogen (secondary N) is 1. The number of amides is 1. The average molecular weight is 345 g/mol. The summed E-state index contributed by atoms with van der Waals surface area (Å²) < 4.78 is 7.84. The van der Waals surface area contributed by atoms with Crippen molar-refractivity contribution in [1.29, 1.82) is 0 Å². The highest BCUT2D eigenvalue weighted by atomic mass is 16.3. The Morgan fingerprint density at radius 1 is 1.24 bits per heavy atom. The average Bonchev–Trinajstić information content (AvgIpc) is 3.10. The number of aryl methyl sites for hydroxylation is 1. The summed E-state index contributed by atoms with van der Waals surface area (Å²) in [5, 5.41) is 11.7. The zero-order chi connectivity index (χ0) is 18.0. The first-order valence-electron chi connectivity index (χ1n) is 8.94. The van der Waals surface area contributed by atoms with Gasteiger partial charge in [-0.1, -0.05) is 13.8 Å². The lowest BCUT2D eigenvalue weighted by atomic mass is 10.2. The van der Waals surface area contributed by atoms with E-state index in [-0.39, 0.29) is 17.9 Å². The van der Waals surface area contributed by atoms with Crippen molar-refractivity contribution in [1.82, 2.24) is 25.0 Å². The molecule has 1 atom stereocenters. The van der Waals surface area contributed by atoms with Crippen LogP contribution in [0.1, 0.15) is 50.0 Å². The Bertz CT molecular complexity index is 734.